The van der Waals surface area contributed by atoms with Crippen molar-refractivity contribution in [2.24, 2.45) is 10.1 Å². The van der Waals surface area contributed by atoms with Crippen LogP contribution in [0.3, 0.4) is 0 Å². The maximum atomic E-state index is 6.18. The van der Waals surface area contributed by atoms with Crippen molar-refractivity contribution >= 4 is 28.8 Å². The zero-order valence-electron chi connectivity index (χ0n) is 13.6. The number of hydrogen-bond donors (Lipinski definition) is 1. The predicted octanol–water partition coefficient (Wildman–Crippen LogP) is 4.48. The maximum Gasteiger partial charge on any atom is 0.154 e. The van der Waals surface area contributed by atoms with Gasteiger partial charge in [-0.05, 0) is 43.3 Å². The minimum absolute atomic E-state index is 0.675. The molecule has 0 aliphatic carbocycles. The van der Waals surface area contributed by atoms with Gasteiger partial charge in [0.2, 0.25) is 0 Å². The highest BCUT2D eigenvalue weighted by Gasteiger charge is 2.17. The van der Waals surface area contributed by atoms with E-state index in [0.29, 0.717) is 10.9 Å². The van der Waals surface area contributed by atoms with Gasteiger partial charge in [-0.25, -0.2) is 4.99 Å². The second kappa shape index (κ2) is 6.49. The van der Waals surface area contributed by atoms with E-state index in [9.17, 15) is 0 Å². The van der Waals surface area contributed by atoms with Gasteiger partial charge < -0.3 is 0 Å². The summed E-state index contributed by atoms with van der Waals surface area (Å²) in [6.07, 6.45) is 3.48. The molecule has 0 fully saturated rings. The van der Waals surface area contributed by atoms with Gasteiger partial charge in [-0.15, -0.1) is 0 Å². The van der Waals surface area contributed by atoms with E-state index in [-0.39, 0.29) is 0 Å². The average molecular weight is 347 g/mol. The van der Waals surface area contributed by atoms with Crippen LogP contribution in [-0.4, -0.2) is 16.5 Å². The van der Waals surface area contributed by atoms with Crippen LogP contribution in [0.1, 0.15) is 22.3 Å². The summed E-state index contributed by atoms with van der Waals surface area (Å²) in [6.45, 7) is 2.06. The number of halogens is 1. The number of benzene rings is 2. The van der Waals surface area contributed by atoms with Crippen LogP contribution in [0.25, 0.3) is 0 Å². The molecule has 4 nitrogen and oxygen atoms in total. The van der Waals surface area contributed by atoms with Gasteiger partial charge in [-0.1, -0.05) is 35.4 Å². The lowest BCUT2D eigenvalue weighted by molar-refractivity contribution is 1.03. The van der Waals surface area contributed by atoms with Crippen LogP contribution in [0.15, 0.2) is 77.1 Å². The average Bonchev–Trinajstić information content (AvgIpc) is 2.82. The van der Waals surface area contributed by atoms with Crippen molar-refractivity contribution in [2.75, 3.05) is 0 Å². The fourth-order valence-corrected chi connectivity index (χ4v) is 2.94. The summed E-state index contributed by atoms with van der Waals surface area (Å²) in [5.41, 5.74) is 8.77. The first-order valence-electron chi connectivity index (χ1n) is 7.90. The van der Waals surface area contributed by atoms with Gasteiger partial charge in [-0.2, -0.15) is 5.10 Å². The molecule has 0 amide bonds. The molecule has 2 aromatic carbocycles. The van der Waals surface area contributed by atoms with Gasteiger partial charge in [-0.3, -0.25) is 10.4 Å². The number of fused-ring (bicyclic) bond motifs is 1. The Morgan fingerprint density at radius 3 is 2.56 bits per heavy atom. The molecule has 0 spiro atoms. The van der Waals surface area contributed by atoms with Crippen LogP contribution in [0.4, 0.5) is 5.69 Å². The zero-order chi connectivity index (χ0) is 17.2. The van der Waals surface area contributed by atoms with Gasteiger partial charge in [0, 0.05) is 34.1 Å². The van der Waals surface area contributed by atoms with Gasteiger partial charge in [0.15, 0.2) is 5.84 Å². The summed E-state index contributed by atoms with van der Waals surface area (Å²) in [6, 6.07) is 17.6. The number of aryl methyl sites for hydroxylation is 1. The van der Waals surface area contributed by atoms with E-state index in [0.717, 1.165) is 33.7 Å². The van der Waals surface area contributed by atoms with E-state index in [4.69, 9.17) is 16.6 Å². The Bertz CT molecular complexity index is 994. The Labute approximate surface area is 150 Å². The number of nitrogens with zero attached hydrogens (tertiary/aromatic N) is 3. The third-order valence-corrected chi connectivity index (χ3v) is 4.20. The molecule has 0 saturated heterocycles. The highest BCUT2D eigenvalue weighted by Crippen LogP contribution is 2.27. The van der Waals surface area contributed by atoms with Crippen molar-refractivity contribution in [3.05, 3.63) is 94.3 Å². The Kier molecular flexibility index (Phi) is 4.04. The van der Waals surface area contributed by atoms with Crippen LogP contribution in [0, 0.1) is 6.92 Å². The molecule has 5 heteroatoms. The quantitative estimate of drug-likeness (QED) is 0.743. The number of aromatic nitrogens is 1. The molecular weight excluding hydrogens is 332 g/mol. The number of aliphatic imine (C=N–C) groups is 1. The van der Waals surface area contributed by atoms with Crippen molar-refractivity contribution < 1.29 is 0 Å². The van der Waals surface area contributed by atoms with Crippen molar-refractivity contribution in [1.29, 1.82) is 0 Å². The van der Waals surface area contributed by atoms with Crippen molar-refractivity contribution in [3.8, 4) is 0 Å². The lowest BCUT2D eigenvalue weighted by atomic mass is 9.99. The summed E-state index contributed by atoms with van der Waals surface area (Å²) in [5.74, 6) is 0.685. The molecule has 25 heavy (non-hydrogen) atoms. The van der Waals surface area contributed by atoms with E-state index < -0.39 is 0 Å². The molecule has 0 atom stereocenters. The first-order valence-corrected chi connectivity index (χ1v) is 8.28. The lowest BCUT2D eigenvalue weighted by Gasteiger charge is -2.09. The van der Waals surface area contributed by atoms with Crippen LogP contribution in [0.5, 0.6) is 0 Å². The second-order valence-corrected chi connectivity index (χ2v) is 6.24. The summed E-state index contributed by atoms with van der Waals surface area (Å²) in [4.78, 5) is 8.84. The summed E-state index contributed by atoms with van der Waals surface area (Å²) < 4.78 is 0. The number of rotatable bonds is 2. The Hall–Kier alpha value is -2.98. The Balaban J connectivity index is 1.89. The third-order valence-electron chi connectivity index (χ3n) is 3.96. The Morgan fingerprint density at radius 1 is 0.920 bits per heavy atom. The minimum Gasteiger partial charge on any atom is -0.265 e. The number of pyridine rings is 1. The molecular formula is C20H15ClN4. The van der Waals surface area contributed by atoms with Crippen LogP contribution >= 0.6 is 11.6 Å². The second-order valence-electron chi connectivity index (χ2n) is 5.80. The zero-order valence-corrected chi connectivity index (χ0v) is 14.3. The van der Waals surface area contributed by atoms with E-state index >= 15 is 0 Å². The molecule has 0 saturated carbocycles. The molecule has 0 bridgehead atoms. The maximum absolute atomic E-state index is 6.18. The standard InChI is InChI=1S/C20H15ClN4/c1-13-5-6-18-17(11-13)19(15-3-2-4-16(21)12-15)24-25-20(23-18)14-7-9-22-10-8-14/h2-12H,1H3,(H,23,25). The molecule has 3 aromatic rings. The number of hydrogen-bond acceptors (Lipinski definition) is 4. The van der Waals surface area contributed by atoms with Gasteiger partial charge >= 0.3 is 0 Å². The normalized spacial score (nSPS) is 13.2. The third kappa shape index (κ3) is 3.16. The van der Waals surface area contributed by atoms with Gasteiger partial charge in [0.25, 0.3) is 0 Å². The predicted molar refractivity (Wildman–Crippen MR) is 102 cm³/mol. The van der Waals surface area contributed by atoms with Gasteiger partial charge in [0.1, 0.15) is 5.71 Å². The SMILES string of the molecule is Cc1ccc2c(c1)C(c1cccc(Cl)c1)=NNC(c1ccncc1)=N2. The first kappa shape index (κ1) is 15.5. The highest BCUT2D eigenvalue weighted by molar-refractivity contribution is 6.31. The topological polar surface area (TPSA) is 49.6 Å². The van der Waals surface area contributed by atoms with Gasteiger partial charge in [0.05, 0.1) is 5.69 Å². The summed E-state index contributed by atoms with van der Waals surface area (Å²) in [5, 5.41) is 5.31. The van der Waals surface area contributed by atoms with Crippen LogP contribution in [0.2, 0.25) is 5.02 Å². The molecule has 0 unspecified atom stereocenters. The fourth-order valence-electron chi connectivity index (χ4n) is 2.75. The number of amidine groups is 1. The first-order chi connectivity index (χ1) is 12.2. The van der Waals surface area contributed by atoms with Crippen molar-refractivity contribution in [3.63, 3.8) is 0 Å². The van der Waals surface area contributed by atoms with Crippen LogP contribution < -0.4 is 5.43 Å². The van der Waals surface area contributed by atoms with Crippen molar-refractivity contribution in [2.45, 2.75) is 6.92 Å². The van der Waals surface area contributed by atoms with Crippen molar-refractivity contribution in [1.82, 2.24) is 10.4 Å². The molecule has 1 aliphatic heterocycles. The molecule has 0 radical (unpaired) electrons. The lowest BCUT2D eigenvalue weighted by Crippen LogP contribution is -2.19. The van der Waals surface area contributed by atoms with E-state index in [1.807, 2.05) is 48.5 Å². The monoisotopic (exact) mass is 346 g/mol. The molecule has 1 N–H and O–H groups in total. The van der Waals surface area contributed by atoms with E-state index in [2.05, 4.69) is 28.5 Å². The van der Waals surface area contributed by atoms with Crippen LogP contribution in [-0.2, 0) is 0 Å². The number of nitrogens with one attached hydrogen (secondary N) is 1. The molecule has 4 rings (SSSR count). The fraction of sp³-hybridized carbons (Fsp3) is 0.0500. The summed E-state index contributed by atoms with van der Waals surface area (Å²) in [7, 11) is 0. The number of hydrazone groups is 1. The highest BCUT2D eigenvalue weighted by atomic mass is 35.5. The largest absolute Gasteiger partial charge is 0.265 e. The minimum atomic E-state index is 0.675. The van der Waals surface area contributed by atoms with E-state index in [1.165, 1.54) is 0 Å². The molecule has 122 valence electrons. The summed E-state index contributed by atoms with van der Waals surface area (Å²) >= 11 is 6.18. The molecule has 1 aliphatic rings. The molecule has 2 heterocycles. The molecule has 1 aromatic heterocycles. The smallest absolute Gasteiger partial charge is 0.154 e. The van der Waals surface area contributed by atoms with E-state index in [1.54, 1.807) is 12.4 Å². The Morgan fingerprint density at radius 2 is 1.76 bits per heavy atom.